The highest BCUT2D eigenvalue weighted by Crippen LogP contribution is 2.24. The van der Waals surface area contributed by atoms with Gasteiger partial charge in [0.2, 0.25) is 0 Å². The lowest BCUT2D eigenvalue weighted by Crippen LogP contribution is -2.33. The number of nitrogens with zero attached hydrogens (tertiary/aromatic N) is 1. The van der Waals surface area contributed by atoms with Gasteiger partial charge in [-0.1, -0.05) is 39.0 Å². The first-order valence-electron chi connectivity index (χ1n) is 10.1. The molecule has 1 aliphatic rings. The molecule has 0 radical (unpaired) electrons. The fourth-order valence-corrected chi connectivity index (χ4v) is 3.52. The van der Waals surface area contributed by atoms with Gasteiger partial charge in [-0.25, -0.2) is 0 Å². The van der Waals surface area contributed by atoms with E-state index in [1.807, 2.05) is 36.4 Å². The van der Waals surface area contributed by atoms with E-state index < -0.39 is 0 Å². The van der Waals surface area contributed by atoms with E-state index in [2.05, 4.69) is 38.2 Å². The van der Waals surface area contributed by atoms with Crippen LogP contribution in [-0.2, 0) is 17.8 Å². The number of hydrogen-bond donors (Lipinski definition) is 1. The van der Waals surface area contributed by atoms with Gasteiger partial charge in [-0.05, 0) is 66.0 Å². The van der Waals surface area contributed by atoms with Crippen LogP contribution < -0.4 is 14.8 Å². The van der Waals surface area contributed by atoms with Gasteiger partial charge in [0, 0.05) is 12.1 Å². The Morgan fingerprint density at radius 1 is 1.17 bits per heavy atom. The Morgan fingerprint density at radius 3 is 2.53 bits per heavy atom. The molecule has 0 aliphatic carbocycles. The molecule has 1 saturated heterocycles. The maximum atomic E-state index is 12.7. The van der Waals surface area contributed by atoms with E-state index in [0.29, 0.717) is 29.9 Å². The van der Waals surface area contributed by atoms with E-state index in [1.54, 1.807) is 12.0 Å². The van der Waals surface area contributed by atoms with Crippen LogP contribution in [0.25, 0.3) is 6.08 Å². The summed E-state index contributed by atoms with van der Waals surface area (Å²) >= 11 is 5.32. The van der Waals surface area contributed by atoms with Gasteiger partial charge in [-0.3, -0.25) is 9.69 Å². The molecule has 0 saturated carbocycles. The van der Waals surface area contributed by atoms with Crippen LogP contribution in [0.2, 0.25) is 0 Å². The Labute approximate surface area is 183 Å². The van der Waals surface area contributed by atoms with Gasteiger partial charge in [-0.15, -0.1) is 0 Å². The molecule has 0 bridgehead atoms. The number of thiocarbonyl (C=S) groups is 1. The fourth-order valence-electron chi connectivity index (χ4n) is 3.25. The van der Waals surface area contributed by atoms with Crippen molar-refractivity contribution >= 4 is 29.3 Å². The number of aryl methyl sites for hydroxylation is 1. The van der Waals surface area contributed by atoms with Gasteiger partial charge in [0.1, 0.15) is 23.8 Å². The van der Waals surface area contributed by atoms with Crippen LogP contribution in [0.1, 0.15) is 37.5 Å². The zero-order chi connectivity index (χ0) is 21.7. The van der Waals surface area contributed by atoms with Gasteiger partial charge >= 0.3 is 0 Å². The molecule has 1 aliphatic heterocycles. The number of hydrogen-bond acceptors (Lipinski definition) is 4. The first-order valence-corrected chi connectivity index (χ1v) is 10.5. The van der Waals surface area contributed by atoms with Crippen molar-refractivity contribution in [2.24, 2.45) is 5.92 Å². The second-order valence-corrected chi connectivity index (χ2v) is 8.04. The second-order valence-electron chi connectivity index (χ2n) is 7.66. The zero-order valence-electron chi connectivity index (χ0n) is 17.9. The third-order valence-corrected chi connectivity index (χ3v) is 5.17. The predicted molar refractivity (Wildman–Crippen MR) is 123 cm³/mol. The molecule has 0 atom stereocenters. The van der Waals surface area contributed by atoms with Crippen LogP contribution in [0.5, 0.6) is 11.5 Å². The monoisotopic (exact) mass is 424 g/mol. The topological polar surface area (TPSA) is 50.8 Å². The second kappa shape index (κ2) is 9.76. The first kappa shape index (κ1) is 21.8. The molecule has 1 heterocycles. The van der Waals surface area contributed by atoms with Gasteiger partial charge in [0.05, 0.1) is 7.11 Å². The summed E-state index contributed by atoms with van der Waals surface area (Å²) in [6, 6.07) is 13.8. The zero-order valence-corrected chi connectivity index (χ0v) is 18.7. The molecular weight excluding hydrogens is 396 g/mol. The highest BCUT2D eigenvalue weighted by atomic mass is 32.1. The highest BCUT2D eigenvalue weighted by Gasteiger charge is 2.30. The highest BCUT2D eigenvalue weighted by molar-refractivity contribution is 7.80. The molecule has 0 spiro atoms. The third-order valence-electron chi connectivity index (χ3n) is 4.85. The predicted octanol–water partition coefficient (Wildman–Crippen LogP) is 4.55. The van der Waals surface area contributed by atoms with E-state index in [0.717, 1.165) is 29.0 Å². The number of carbonyl (C=O) groups is 1. The van der Waals surface area contributed by atoms with Crippen molar-refractivity contribution in [3.8, 4) is 11.5 Å². The fraction of sp³-hybridized carbons (Fsp3) is 0.333. The number of amides is 1. The number of methoxy groups -OCH3 is 1. The largest absolute Gasteiger partial charge is 0.496 e. The molecule has 6 heteroatoms. The molecule has 1 N–H and O–H groups in total. The number of carbonyl (C=O) groups excluding carboxylic acids is 1. The number of rotatable bonds is 8. The van der Waals surface area contributed by atoms with Crippen LogP contribution in [0.4, 0.5) is 0 Å². The molecule has 0 aromatic heterocycles. The van der Waals surface area contributed by atoms with Gasteiger partial charge in [0.25, 0.3) is 5.91 Å². The summed E-state index contributed by atoms with van der Waals surface area (Å²) in [4.78, 5) is 14.3. The summed E-state index contributed by atoms with van der Waals surface area (Å²) in [6.07, 6.45) is 2.81. The van der Waals surface area contributed by atoms with E-state index in [4.69, 9.17) is 21.7 Å². The molecular formula is C24H28N2O3S. The molecule has 30 heavy (non-hydrogen) atoms. The summed E-state index contributed by atoms with van der Waals surface area (Å²) in [5.41, 5.74) is 3.53. The Kier molecular flexibility index (Phi) is 7.11. The van der Waals surface area contributed by atoms with Crippen molar-refractivity contribution in [2.75, 3.05) is 13.7 Å². The Bertz CT molecular complexity index is 951. The van der Waals surface area contributed by atoms with Crippen LogP contribution in [0.15, 0.2) is 48.2 Å². The maximum absolute atomic E-state index is 12.7. The van der Waals surface area contributed by atoms with E-state index in [1.165, 1.54) is 5.56 Å². The standard InChI is InChI=1S/C24H28N2O3S/c1-5-17-6-9-20(10-7-17)29-15-19-12-18(8-11-22(19)28-4)13-21-23(27)26(14-16(2)3)24(30)25-21/h6-13,16H,5,14-15H2,1-4H3,(H,25,30)/b21-13+. The van der Waals surface area contributed by atoms with Gasteiger partial charge in [0.15, 0.2) is 5.11 Å². The average molecular weight is 425 g/mol. The molecule has 158 valence electrons. The Morgan fingerprint density at radius 2 is 1.90 bits per heavy atom. The van der Waals surface area contributed by atoms with Crippen LogP contribution in [0, 0.1) is 5.92 Å². The molecule has 2 aromatic carbocycles. The first-order chi connectivity index (χ1) is 14.4. The summed E-state index contributed by atoms with van der Waals surface area (Å²) in [5.74, 6) is 1.79. The van der Waals surface area contributed by atoms with Crippen molar-refractivity contribution < 1.29 is 14.3 Å². The molecule has 1 amide bonds. The van der Waals surface area contributed by atoms with Crippen molar-refractivity contribution in [3.63, 3.8) is 0 Å². The molecule has 2 aromatic rings. The SMILES string of the molecule is CCc1ccc(OCc2cc(/C=C3/NC(=S)N(CC(C)C)C3=O)ccc2OC)cc1. The minimum absolute atomic E-state index is 0.0988. The molecule has 1 fully saturated rings. The van der Waals surface area contributed by atoms with Crippen molar-refractivity contribution in [1.29, 1.82) is 0 Å². The average Bonchev–Trinajstić information content (AvgIpc) is 2.99. The minimum Gasteiger partial charge on any atom is -0.496 e. The van der Waals surface area contributed by atoms with E-state index in [9.17, 15) is 4.79 Å². The number of nitrogens with one attached hydrogen (secondary N) is 1. The lowest BCUT2D eigenvalue weighted by Gasteiger charge is -2.16. The molecule has 0 unspecified atom stereocenters. The molecule has 5 nitrogen and oxygen atoms in total. The summed E-state index contributed by atoms with van der Waals surface area (Å²) < 4.78 is 11.4. The Hall–Kier alpha value is -2.86. The summed E-state index contributed by atoms with van der Waals surface area (Å²) in [7, 11) is 1.64. The lowest BCUT2D eigenvalue weighted by atomic mass is 10.1. The van der Waals surface area contributed by atoms with E-state index >= 15 is 0 Å². The minimum atomic E-state index is -0.0988. The third kappa shape index (κ3) is 5.19. The summed E-state index contributed by atoms with van der Waals surface area (Å²) in [5, 5.41) is 3.48. The van der Waals surface area contributed by atoms with Gasteiger partial charge < -0.3 is 14.8 Å². The smallest absolute Gasteiger partial charge is 0.276 e. The van der Waals surface area contributed by atoms with E-state index in [-0.39, 0.29) is 5.91 Å². The van der Waals surface area contributed by atoms with Crippen LogP contribution in [-0.4, -0.2) is 29.6 Å². The number of benzene rings is 2. The lowest BCUT2D eigenvalue weighted by molar-refractivity contribution is -0.122. The van der Waals surface area contributed by atoms with Crippen molar-refractivity contribution in [3.05, 3.63) is 64.9 Å². The Balaban J connectivity index is 1.77. The normalized spacial score (nSPS) is 15.1. The maximum Gasteiger partial charge on any atom is 0.276 e. The van der Waals surface area contributed by atoms with Crippen LogP contribution in [0.3, 0.4) is 0 Å². The quantitative estimate of drug-likeness (QED) is 0.498. The molecule has 3 rings (SSSR count). The number of ether oxygens (including phenoxy) is 2. The summed E-state index contributed by atoms with van der Waals surface area (Å²) in [6.45, 7) is 7.21. The van der Waals surface area contributed by atoms with Gasteiger partial charge in [-0.2, -0.15) is 0 Å². The van der Waals surface area contributed by atoms with Crippen LogP contribution >= 0.6 is 12.2 Å². The van der Waals surface area contributed by atoms with Crippen molar-refractivity contribution in [1.82, 2.24) is 10.2 Å². The van der Waals surface area contributed by atoms with Crippen molar-refractivity contribution in [2.45, 2.75) is 33.8 Å².